The summed E-state index contributed by atoms with van der Waals surface area (Å²) < 4.78 is 36.8. The quantitative estimate of drug-likeness (QED) is 0.704. The van der Waals surface area contributed by atoms with E-state index in [0.717, 1.165) is 12.1 Å². The molecule has 0 N–H and O–H groups in total. The van der Waals surface area contributed by atoms with E-state index in [2.05, 4.69) is 5.18 Å². The molecule has 1 aromatic rings. The van der Waals surface area contributed by atoms with Crippen LogP contribution in [0.4, 0.5) is 13.2 Å². The standard InChI is InChI=1S/C8H5ClF3NO/c9-7-2-1-5(4-13-14)3-6(7)8(10,11)12/h1-3H,4H2. The van der Waals surface area contributed by atoms with Crippen LogP contribution in [0, 0.1) is 4.91 Å². The summed E-state index contributed by atoms with van der Waals surface area (Å²) in [7, 11) is 0. The van der Waals surface area contributed by atoms with Crippen molar-refractivity contribution in [3.8, 4) is 0 Å². The van der Waals surface area contributed by atoms with Crippen LogP contribution in [0.3, 0.4) is 0 Å². The Hall–Kier alpha value is -1.10. The molecule has 0 heterocycles. The van der Waals surface area contributed by atoms with Gasteiger partial charge in [0.2, 0.25) is 0 Å². The number of nitroso groups, excluding NO2 is 1. The number of halogens is 4. The molecule has 14 heavy (non-hydrogen) atoms. The first kappa shape index (κ1) is 11.0. The molecule has 0 aromatic heterocycles. The molecule has 0 saturated heterocycles. The van der Waals surface area contributed by atoms with Gasteiger partial charge in [-0.25, -0.2) is 0 Å². The predicted molar refractivity (Wildman–Crippen MR) is 46.0 cm³/mol. The van der Waals surface area contributed by atoms with Gasteiger partial charge >= 0.3 is 6.18 Å². The van der Waals surface area contributed by atoms with Gasteiger partial charge in [0.1, 0.15) is 6.54 Å². The number of hydrogen-bond donors (Lipinski definition) is 0. The largest absolute Gasteiger partial charge is 0.417 e. The second-order valence-electron chi connectivity index (χ2n) is 2.60. The number of nitrogens with zero attached hydrogens (tertiary/aromatic N) is 1. The minimum absolute atomic E-state index is 0.191. The van der Waals surface area contributed by atoms with E-state index in [9.17, 15) is 18.1 Å². The molecule has 0 atom stereocenters. The van der Waals surface area contributed by atoms with Gasteiger partial charge in [-0.15, -0.1) is 0 Å². The van der Waals surface area contributed by atoms with Gasteiger partial charge in [0.05, 0.1) is 10.6 Å². The molecule has 0 saturated carbocycles. The highest BCUT2D eigenvalue weighted by molar-refractivity contribution is 6.31. The van der Waals surface area contributed by atoms with Crippen LogP contribution in [0.1, 0.15) is 11.1 Å². The lowest BCUT2D eigenvalue weighted by molar-refractivity contribution is -0.137. The summed E-state index contributed by atoms with van der Waals surface area (Å²) in [6.45, 7) is -0.291. The van der Waals surface area contributed by atoms with E-state index in [-0.39, 0.29) is 17.1 Å². The molecule has 0 aliphatic carbocycles. The lowest BCUT2D eigenvalue weighted by Gasteiger charge is -2.09. The first-order valence-corrected chi connectivity index (χ1v) is 3.97. The Kier molecular flexibility index (Phi) is 3.10. The van der Waals surface area contributed by atoms with Crippen molar-refractivity contribution in [2.75, 3.05) is 0 Å². The Morgan fingerprint density at radius 3 is 2.50 bits per heavy atom. The molecule has 2 nitrogen and oxygen atoms in total. The van der Waals surface area contributed by atoms with Gasteiger partial charge in [-0.1, -0.05) is 22.8 Å². The van der Waals surface area contributed by atoms with Crippen molar-refractivity contribution < 1.29 is 13.2 Å². The zero-order valence-electron chi connectivity index (χ0n) is 6.81. The van der Waals surface area contributed by atoms with Crippen LogP contribution >= 0.6 is 11.6 Å². The zero-order valence-corrected chi connectivity index (χ0v) is 7.56. The summed E-state index contributed by atoms with van der Waals surface area (Å²) in [5, 5.41) is 2.12. The second kappa shape index (κ2) is 3.96. The third-order valence-electron chi connectivity index (χ3n) is 1.58. The summed E-state index contributed by atoms with van der Waals surface area (Å²) in [6, 6.07) is 3.26. The molecular formula is C8H5ClF3NO. The molecule has 0 aliphatic rings. The molecule has 0 fully saturated rings. The van der Waals surface area contributed by atoms with Gasteiger partial charge in [-0.3, -0.25) is 0 Å². The van der Waals surface area contributed by atoms with E-state index in [1.54, 1.807) is 0 Å². The molecule has 0 aliphatic heterocycles. The Labute approximate surface area is 82.7 Å². The van der Waals surface area contributed by atoms with Crippen molar-refractivity contribution in [1.82, 2.24) is 0 Å². The fourth-order valence-corrected chi connectivity index (χ4v) is 1.19. The number of benzene rings is 1. The third kappa shape index (κ3) is 2.45. The van der Waals surface area contributed by atoms with E-state index in [1.807, 2.05) is 0 Å². The summed E-state index contributed by atoms with van der Waals surface area (Å²) in [6.07, 6.45) is -4.50. The number of rotatable bonds is 2. The maximum absolute atomic E-state index is 12.3. The third-order valence-corrected chi connectivity index (χ3v) is 1.91. The summed E-state index contributed by atoms with van der Waals surface area (Å²) >= 11 is 5.35. The summed E-state index contributed by atoms with van der Waals surface area (Å²) in [5.41, 5.74) is -0.753. The van der Waals surface area contributed by atoms with Gasteiger partial charge in [0, 0.05) is 0 Å². The van der Waals surface area contributed by atoms with Crippen LogP contribution in [0.15, 0.2) is 23.4 Å². The fraction of sp³-hybridized carbons (Fsp3) is 0.250. The first-order chi connectivity index (χ1) is 6.45. The van der Waals surface area contributed by atoms with Crippen molar-refractivity contribution in [2.45, 2.75) is 12.7 Å². The molecule has 0 amide bonds. The van der Waals surface area contributed by atoms with E-state index >= 15 is 0 Å². The average Bonchev–Trinajstić information content (AvgIpc) is 2.07. The van der Waals surface area contributed by atoms with E-state index < -0.39 is 11.7 Å². The molecule has 76 valence electrons. The van der Waals surface area contributed by atoms with Crippen molar-refractivity contribution in [1.29, 1.82) is 0 Å². The van der Waals surface area contributed by atoms with Crippen LogP contribution < -0.4 is 0 Å². The van der Waals surface area contributed by atoms with Crippen LogP contribution in [-0.2, 0) is 12.7 Å². The smallest absolute Gasteiger partial charge is 0.166 e. The predicted octanol–water partition coefficient (Wildman–Crippen LogP) is 3.63. The molecule has 0 spiro atoms. The normalized spacial score (nSPS) is 11.4. The highest BCUT2D eigenvalue weighted by Gasteiger charge is 2.33. The molecule has 0 bridgehead atoms. The lowest BCUT2D eigenvalue weighted by Crippen LogP contribution is -2.06. The number of hydrogen-bond acceptors (Lipinski definition) is 2. The van der Waals surface area contributed by atoms with Gasteiger partial charge in [-0.05, 0) is 17.7 Å². The van der Waals surface area contributed by atoms with Crippen LogP contribution in [0.2, 0.25) is 5.02 Å². The van der Waals surface area contributed by atoms with Crippen molar-refractivity contribution in [3.05, 3.63) is 39.3 Å². The Morgan fingerprint density at radius 2 is 2.00 bits per heavy atom. The van der Waals surface area contributed by atoms with Crippen LogP contribution in [0.25, 0.3) is 0 Å². The van der Waals surface area contributed by atoms with Gasteiger partial charge in [0.25, 0.3) is 0 Å². The maximum Gasteiger partial charge on any atom is 0.417 e. The highest BCUT2D eigenvalue weighted by Crippen LogP contribution is 2.35. The van der Waals surface area contributed by atoms with Crippen molar-refractivity contribution >= 4 is 11.6 Å². The Balaban J connectivity index is 3.15. The SMILES string of the molecule is O=NCc1ccc(Cl)c(C(F)(F)F)c1. The molecule has 1 rings (SSSR count). The van der Waals surface area contributed by atoms with Crippen molar-refractivity contribution in [3.63, 3.8) is 0 Å². The fourth-order valence-electron chi connectivity index (χ4n) is 0.963. The number of alkyl halides is 3. The van der Waals surface area contributed by atoms with E-state index in [0.29, 0.717) is 0 Å². The topological polar surface area (TPSA) is 29.4 Å². The highest BCUT2D eigenvalue weighted by atomic mass is 35.5. The Morgan fingerprint density at radius 1 is 1.36 bits per heavy atom. The lowest BCUT2D eigenvalue weighted by atomic mass is 10.1. The second-order valence-corrected chi connectivity index (χ2v) is 3.01. The van der Waals surface area contributed by atoms with Crippen LogP contribution in [0.5, 0.6) is 0 Å². The molecule has 0 unspecified atom stereocenters. The first-order valence-electron chi connectivity index (χ1n) is 3.60. The minimum Gasteiger partial charge on any atom is -0.166 e. The van der Waals surface area contributed by atoms with Gasteiger partial charge in [0.15, 0.2) is 0 Å². The average molecular weight is 224 g/mol. The zero-order chi connectivity index (χ0) is 10.8. The van der Waals surface area contributed by atoms with Crippen molar-refractivity contribution in [2.24, 2.45) is 5.18 Å². The van der Waals surface area contributed by atoms with E-state index in [4.69, 9.17) is 11.6 Å². The molecule has 1 aromatic carbocycles. The van der Waals surface area contributed by atoms with Gasteiger partial charge < -0.3 is 0 Å². The Bertz CT molecular complexity index is 351. The van der Waals surface area contributed by atoms with Gasteiger partial charge in [-0.2, -0.15) is 18.1 Å². The molecular weight excluding hydrogens is 219 g/mol. The molecule has 0 radical (unpaired) electrons. The molecule has 6 heteroatoms. The monoisotopic (exact) mass is 223 g/mol. The summed E-state index contributed by atoms with van der Waals surface area (Å²) in [5.74, 6) is 0. The minimum atomic E-state index is -4.50. The maximum atomic E-state index is 12.3. The van der Waals surface area contributed by atoms with Crippen LogP contribution in [-0.4, -0.2) is 0 Å². The van der Waals surface area contributed by atoms with E-state index in [1.165, 1.54) is 6.07 Å². The summed E-state index contributed by atoms with van der Waals surface area (Å²) in [4.78, 5) is 9.86.